The minimum Gasteiger partial charge on any atom is -0.396 e. The lowest BCUT2D eigenvalue weighted by Crippen LogP contribution is -2.30. The predicted octanol–water partition coefficient (Wildman–Crippen LogP) is 0.795. The van der Waals surface area contributed by atoms with E-state index >= 15 is 0 Å². The molecule has 2 rings (SSSR count). The van der Waals surface area contributed by atoms with E-state index < -0.39 is 0 Å². The van der Waals surface area contributed by atoms with Crippen molar-refractivity contribution in [2.75, 3.05) is 19.8 Å². The third-order valence-electron chi connectivity index (χ3n) is 1.32. The number of aliphatic hydroxyl groups excluding tert-OH is 1. The highest BCUT2D eigenvalue weighted by molar-refractivity contribution is 4.61. The molecule has 0 amide bonds. The fourth-order valence-electron chi connectivity index (χ4n) is 0.390. The molecule has 9 heavy (non-hydrogen) atoms. The van der Waals surface area contributed by atoms with Gasteiger partial charge in [0.15, 0.2) is 0 Å². The second kappa shape index (κ2) is 3.85. The SMILES string of the molecule is C1CC1.OCC1COC1. The fraction of sp³-hybridized carbons (Fsp3) is 1.00. The second-order valence-corrected chi connectivity index (χ2v) is 2.65. The number of aliphatic hydroxyl groups is 1. The van der Waals surface area contributed by atoms with Crippen LogP contribution in [0.4, 0.5) is 0 Å². The van der Waals surface area contributed by atoms with Gasteiger partial charge in [-0.25, -0.2) is 0 Å². The summed E-state index contributed by atoms with van der Waals surface area (Å²) in [7, 11) is 0. The van der Waals surface area contributed by atoms with Gasteiger partial charge in [-0.1, -0.05) is 19.3 Å². The predicted molar refractivity (Wildman–Crippen MR) is 35.2 cm³/mol. The molecule has 0 radical (unpaired) electrons. The van der Waals surface area contributed by atoms with Gasteiger partial charge in [0.05, 0.1) is 19.8 Å². The molecule has 1 heterocycles. The van der Waals surface area contributed by atoms with Crippen LogP contribution in [0.15, 0.2) is 0 Å². The average Bonchev–Trinajstić information content (AvgIpc) is 2.42. The number of hydrogen-bond donors (Lipinski definition) is 1. The Labute approximate surface area is 55.8 Å². The minimum atomic E-state index is 0.292. The zero-order valence-electron chi connectivity index (χ0n) is 5.68. The van der Waals surface area contributed by atoms with Gasteiger partial charge in [-0.15, -0.1) is 0 Å². The molecule has 0 aromatic carbocycles. The third kappa shape index (κ3) is 3.49. The molecule has 1 aliphatic heterocycles. The Hall–Kier alpha value is -0.0800. The largest absolute Gasteiger partial charge is 0.396 e. The zero-order chi connectivity index (χ0) is 6.53. The van der Waals surface area contributed by atoms with Gasteiger partial charge in [-0.3, -0.25) is 0 Å². The van der Waals surface area contributed by atoms with Gasteiger partial charge in [0.1, 0.15) is 0 Å². The molecule has 0 unspecified atom stereocenters. The lowest BCUT2D eigenvalue weighted by Gasteiger charge is -2.22. The fourth-order valence-corrected chi connectivity index (χ4v) is 0.390. The van der Waals surface area contributed by atoms with Crippen LogP contribution in [-0.2, 0) is 4.74 Å². The van der Waals surface area contributed by atoms with Crippen LogP contribution < -0.4 is 0 Å². The van der Waals surface area contributed by atoms with Crippen LogP contribution >= 0.6 is 0 Å². The van der Waals surface area contributed by atoms with E-state index in [1.165, 1.54) is 19.3 Å². The van der Waals surface area contributed by atoms with Crippen molar-refractivity contribution < 1.29 is 9.84 Å². The quantitative estimate of drug-likeness (QED) is 0.568. The highest BCUT2D eigenvalue weighted by Crippen LogP contribution is 2.14. The molecule has 1 saturated carbocycles. The molecule has 1 aliphatic carbocycles. The van der Waals surface area contributed by atoms with Crippen LogP contribution in [0.1, 0.15) is 19.3 Å². The maximum absolute atomic E-state index is 8.31. The first-order chi connectivity index (χ1) is 4.43. The van der Waals surface area contributed by atoms with Gasteiger partial charge in [-0.2, -0.15) is 0 Å². The molecule has 54 valence electrons. The summed E-state index contributed by atoms with van der Waals surface area (Å²) in [5, 5.41) is 8.31. The highest BCUT2D eigenvalue weighted by atomic mass is 16.5. The maximum Gasteiger partial charge on any atom is 0.0538 e. The molecule has 0 spiro atoms. The smallest absolute Gasteiger partial charge is 0.0538 e. The first-order valence-electron chi connectivity index (χ1n) is 3.62. The summed E-state index contributed by atoms with van der Waals surface area (Å²) in [4.78, 5) is 0. The monoisotopic (exact) mass is 130 g/mol. The van der Waals surface area contributed by atoms with Crippen LogP contribution in [0.5, 0.6) is 0 Å². The minimum absolute atomic E-state index is 0.292. The van der Waals surface area contributed by atoms with Crippen LogP contribution in [0.2, 0.25) is 0 Å². The van der Waals surface area contributed by atoms with E-state index in [0.29, 0.717) is 12.5 Å². The Kier molecular flexibility index (Phi) is 3.01. The lowest BCUT2D eigenvalue weighted by atomic mass is 10.1. The van der Waals surface area contributed by atoms with E-state index in [0.717, 1.165) is 13.2 Å². The van der Waals surface area contributed by atoms with Gasteiger partial charge in [0.2, 0.25) is 0 Å². The summed E-state index contributed by atoms with van der Waals surface area (Å²) in [5.41, 5.74) is 0. The molecule has 0 bridgehead atoms. The van der Waals surface area contributed by atoms with Crippen molar-refractivity contribution in [2.24, 2.45) is 5.92 Å². The van der Waals surface area contributed by atoms with Gasteiger partial charge in [0.25, 0.3) is 0 Å². The Morgan fingerprint density at radius 2 is 1.78 bits per heavy atom. The van der Waals surface area contributed by atoms with Crippen molar-refractivity contribution in [3.63, 3.8) is 0 Å². The van der Waals surface area contributed by atoms with Gasteiger partial charge < -0.3 is 9.84 Å². The standard InChI is InChI=1S/C4H8O2.C3H6/c5-1-4-2-6-3-4;1-2-3-1/h4-5H,1-3H2;1-3H2. The molecule has 2 fully saturated rings. The van der Waals surface area contributed by atoms with Gasteiger partial charge in [0, 0.05) is 5.92 Å². The Morgan fingerprint density at radius 1 is 1.22 bits per heavy atom. The molecule has 2 nitrogen and oxygen atoms in total. The van der Waals surface area contributed by atoms with Crippen molar-refractivity contribution in [1.82, 2.24) is 0 Å². The molecule has 0 aromatic rings. The zero-order valence-corrected chi connectivity index (χ0v) is 5.68. The normalized spacial score (nSPS) is 23.7. The lowest BCUT2D eigenvalue weighted by molar-refractivity contribution is -0.0554. The average molecular weight is 130 g/mol. The number of hydrogen-bond acceptors (Lipinski definition) is 2. The van der Waals surface area contributed by atoms with Crippen molar-refractivity contribution >= 4 is 0 Å². The molecule has 2 heteroatoms. The van der Waals surface area contributed by atoms with Gasteiger partial charge >= 0.3 is 0 Å². The summed E-state index contributed by atoms with van der Waals surface area (Å²) in [5.74, 6) is 0.449. The van der Waals surface area contributed by atoms with E-state index in [9.17, 15) is 0 Å². The molecular formula is C7H14O2. The molecular weight excluding hydrogens is 116 g/mol. The van der Waals surface area contributed by atoms with Crippen LogP contribution in [-0.4, -0.2) is 24.9 Å². The molecule has 2 aliphatic rings. The highest BCUT2D eigenvalue weighted by Gasteiger charge is 2.15. The Morgan fingerprint density at radius 3 is 1.78 bits per heavy atom. The Bertz CT molecular complexity index is 61.8. The van der Waals surface area contributed by atoms with Crippen LogP contribution in [0, 0.1) is 5.92 Å². The van der Waals surface area contributed by atoms with Crippen LogP contribution in [0.3, 0.4) is 0 Å². The first-order valence-corrected chi connectivity index (χ1v) is 3.62. The van der Waals surface area contributed by atoms with Crippen molar-refractivity contribution in [3.05, 3.63) is 0 Å². The van der Waals surface area contributed by atoms with Crippen molar-refractivity contribution in [1.29, 1.82) is 0 Å². The van der Waals surface area contributed by atoms with Crippen molar-refractivity contribution in [2.45, 2.75) is 19.3 Å². The molecule has 1 N–H and O–H groups in total. The molecule has 0 aromatic heterocycles. The van der Waals surface area contributed by atoms with Crippen molar-refractivity contribution in [3.8, 4) is 0 Å². The number of ether oxygens (including phenoxy) is 1. The summed E-state index contributed by atoms with van der Waals surface area (Å²) < 4.78 is 4.77. The first kappa shape index (κ1) is 7.03. The summed E-state index contributed by atoms with van der Waals surface area (Å²) in [6.45, 7) is 1.81. The van der Waals surface area contributed by atoms with Crippen LogP contribution in [0.25, 0.3) is 0 Å². The van der Waals surface area contributed by atoms with E-state index in [2.05, 4.69) is 0 Å². The van der Waals surface area contributed by atoms with E-state index in [1.807, 2.05) is 0 Å². The van der Waals surface area contributed by atoms with E-state index in [4.69, 9.17) is 9.84 Å². The Balaban J connectivity index is 0.000000112. The second-order valence-electron chi connectivity index (χ2n) is 2.65. The number of rotatable bonds is 1. The van der Waals surface area contributed by atoms with E-state index in [-0.39, 0.29) is 0 Å². The van der Waals surface area contributed by atoms with E-state index in [1.54, 1.807) is 0 Å². The third-order valence-corrected chi connectivity index (χ3v) is 1.32. The summed E-state index contributed by atoms with van der Waals surface area (Å²) in [6, 6.07) is 0. The maximum atomic E-state index is 8.31. The summed E-state index contributed by atoms with van der Waals surface area (Å²) in [6.07, 6.45) is 4.50. The van der Waals surface area contributed by atoms with Gasteiger partial charge in [-0.05, 0) is 0 Å². The summed E-state index contributed by atoms with van der Waals surface area (Å²) >= 11 is 0. The molecule has 0 atom stereocenters. The topological polar surface area (TPSA) is 29.5 Å². The molecule has 1 saturated heterocycles.